The van der Waals surface area contributed by atoms with Crippen molar-refractivity contribution in [2.24, 2.45) is 0 Å². The molecule has 0 aromatic rings. The van der Waals surface area contributed by atoms with E-state index >= 15 is 0 Å². The predicted molar refractivity (Wildman–Crippen MR) is 71.4 cm³/mol. The molecule has 0 saturated carbocycles. The van der Waals surface area contributed by atoms with Crippen LogP contribution in [-0.2, 0) is 9.47 Å². The first kappa shape index (κ1) is 12.2. The first-order chi connectivity index (χ1) is 7.46. The fourth-order valence-electron chi connectivity index (χ4n) is 1.50. The lowest BCUT2D eigenvalue weighted by Gasteiger charge is -2.31. The number of hydrogen-bond acceptors (Lipinski definition) is 4. The Kier molecular flexibility index (Phi) is 3.23. The lowest BCUT2D eigenvalue weighted by atomic mass is 10.1. The zero-order valence-electron chi connectivity index (χ0n) is 10.1. The summed E-state index contributed by atoms with van der Waals surface area (Å²) in [6, 6.07) is 0. The first-order valence-corrected chi connectivity index (χ1v) is 7.64. The third kappa shape index (κ3) is 2.09. The van der Waals surface area contributed by atoms with Crippen LogP contribution < -0.4 is 0 Å². The molecule has 0 aromatic heterocycles. The van der Waals surface area contributed by atoms with Gasteiger partial charge in [-0.25, -0.2) is 0 Å². The molecule has 0 fully saturated rings. The molecule has 0 bridgehead atoms. The average molecular weight is 258 g/mol. The summed E-state index contributed by atoms with van der Waals surface area (Å²) in [6.07, 6.45) is 8.37. The maximum absolute atomic E-state index is 5.48. The summed E-state index contributed by atoms with van der Waals surface area (Å²) in [5.41, 5.74) is 0. The van der Waals surface area contributed by atoms with Gasteiger partial charge < -0.3 is 9.47 Å². The van der Waals surface area contributed by atoms with E-state index in [0.717, 1.165) is 0 Å². The van der Waals surface area contributed by atoms with Crippen LogP contribution >= 0.6 is 21.6 Å². The van der Waals surface area contributed by atoms with Crippen molar-refractivity contribution in [2.45, 2.75) is 49.4 Å². The number of hydrogen-bond donors (Lipinski definition) is 0. The van der Waals surface area contributed by atoms with E-state index < -0.39 is 0 Å². The second-order valence-corrected chi connectivity index (χ2v) is 7.79. The van der Waals surface area contributed by atoms with Gasteiger partial charge in [0, 0.05) is 0 Å². The average Bonchev–Trinajstić information content (AvgIpc) is 2.73. The third-order valence-electron chi connectivity index (χ3n) is 3.38. The van der Waals surface area contributed by atoms with Gasteiger partial charge in [-0.1, -0.05) is 21.6 Å². The van der Waals surface area contributed by atoms with Gasteiger partial charge in [0.25, 0.3) is 0 Å². The van der Waals surface area contributed by atoms with Gasteiger partial charge in [0.15, 0.2) is 0 Å². The molecule has 4 atom stereocenters. The topological polar surface area (TPSA) is 18.5 Å². The number of rotatable bonds is 3. The summed E-state index contributed by atoms with van der Waals surface area (Å²) >= 11 is 0. The fourth-order valence-corrected chi connectivity index (χ4v) is 4.68. The monoisotopic (exact) mass is 258 g/mol. The van der Waals surface area contributed by atoms with Gasteiger partial charge in [0.2, 0.25) is 0 Å². The van der Waals surface area contributed by atoms with Gasteiger partial charge >= 0.3 is 0 Å². The van der Waals surface area contributed by atoms with E-state index in [1.807, 2.05) is 34.1 Å². The molecule has 2 heterocycles. The van der Waals surface area contributed by atoms with E-state index in [0.29, 0.717) is 0 Å². The molecule has 0 N–H and O–H groups in total. The minimum absolute atomic E-state index is 0.0594. The molecular weight excluding hydrogens is 240 g/mol. The Balaban J connectivity index is 1.97. The molecule has 4 heteroatoms. The van der Waals surface area contributed by atoms with E-state index in [4.69, 9.17) is 9.47 Å². The van der Waals surface area contributed by atoms with Gasteiger partial charge in [0.05, 0.1) is 22.0 Å². The van der Waals surface area contributed by atoms with E-state index in [1.54, 1.807) is 0 Å². The SMILES string of the molecule is CC1OC=CC1(C)SSC1(C)C=COC1C. The Morgan fingerprint density at radius 1 is 0.875 bits per heavy atom. The van der Waals surface area contributed by atoms with Gasteiger partial charge in [0.1, 0.15) is 12.2 Å². The summed E-state index contributed by atoms with van der Waals surface area (Å²) in [4.78, 5) is 0. The summed E-state index contributed by atoms with van der Waals surface area (Å²) in [5, 5.41) is 0. The highest BCUT2D eigenvalue weighted by Crippen LogP contribution is 2.51. The molecule has 0 spiro atoms. The van der Waals surface area contributed by atoms with Gasteiger partial charge in [-0.15, -0.1) is 0 Å². The Bertz CT molecular complexity index is 297. The van der Waals surface area contributed by atoms with Gasteiger partial charge in [-0.3, -0.25) is 0 Å². The van der Waals surface area contributed by atoms with Crippen molar-refractivity contribution in [2.75, 3.05) is 0 Å². The summed E-state index contributed by atoms with van der Waals surface area (Å²) < 4.78 is 11.1. The Labute approximate surface area is 105 Å². The van der Waals surface area contributed by atoms with Gasteiger partial charge in [-0.2, -0.15) is 0 Å². The largest absolute Gasteiger partial charge is 0.497 e. The van der Waals surface area contributed by atoms with Crippen LogP contribution in [0.1, 0.15) is 27.7 Å². The maximum Gasteiger partial charge on any atom is 0.114 e. The molecular formula is C12H18O2S2. The third-order valence-corrected chi connectivity index (χ3v) is 7.52. The van der Waals surface area contributed by atoms with Crippen LogP contribution in [0.3, 0.4) is 0 Å². The van der Waals surface area contributed by atoms with Crippen molar-refractivity contribution >= 4 is 21.6 Å². The molecule has 2 aliphatic rings. The van der Waals surface area contributed by atoms with Crippen molar-refractivity contribution in [1.29, 1.82) is 0 Å². The zero-order valence-corrected chi connectivity index (χ0v) is 11.7. The molecule has 0 radical (unpaired) electrons. The van der Waals surface area contributed by atoms with E-state index in [-0.39, 0.29) is 21.7 Å². The minimum atomic E-state index is 0.0594. The molecule has 4 unspecified atom stereocenters. The molecule has 16 heavy (non-hydrogen) atoms. The Hall–Kier alpha value is -0.220. The van der Waals surface area contributed by atoms with Crippen molar-refractivity contribution < 1.29 is 9.47 Å². The van der Waals surface area contributed by atoms with Crippen LogP contribution in [0.4, 0.5) is 0 Å². The van der Waals surface area contributed by atoms with Crippen molar-refractivity contribution in [1.82, 2.24) is 0 Å². The fraction of sp³-hybridized carbons (Fsp3) is 0.667. The molecule has 0 amide bonds. The Morgan fingerprint density at radius 2 is 1.25 bits per heavy atom. The second-order valence-electron chi connectivity index (χ2n) is 4.70. The van der Waals surface area contributed by atoms with E-state index in [9.17, 15) is 0 Å². The molecule has 2 nitrogen and oxygen atoms in total. The molecule has 90 valence electrons. The maximum atomic E-state index is 5.48. The van der Waals surface area contributed by atoms with Crippen LogP contribution in [0.2, 0.25) is 0 Å². The lowest BCUT2D eigenvalue weighted by molar-refractivity contribution is 0.169. The van der Waals surface area contributed by atoms with Crippen LogP contribution in [0, 0.1) is 0 Å². The quantitative estimate of drug-likeness (QED) is 0.717. The van der Waals surface area contributed by atoms with Crippen LogP contribution in [0.5, 0.6) is 0 Å². The highest BCUT2D eigenvalue weighted by Gasteiger charge is 2.41. The standard InChI is InChI=1S/C12H18O2S2/c1-9-11(3,5-7-13-9)15-16-12(4)6-8-14-10(12)2/h5-10H,1-4H3. The predicted octanol–water partition coefficient (Wildman–Crippen LogP) is 3.75. The molecule has 2 rings (SSSR count). The minimum Gasteiger partial charge on any atom is -0.497 e. The second kappa shape index (κ2) is 4.22. The number of ether oxygens (including phenoxy) is 2. The first-order valence-electron chi connectivity index (χ1n) is 5.49. The highest BCUT2D eigenvalue weighted by atomic mass is 33.1. The summed E-state index contributed by atoms with van der Waals surface area (Å²) in [7, 11) is 3.74. The van der Waals surface area contributed by atoms with Crippen molar-refractivity contribution in [3.63, 3.8) is 0 Å². The van der Waals surface area contributed by atoms with Crippen molar-refractivity contribution in [3.8, 4) is 0 Å². The van der Waals surface area contributed by atoms with E-state index in [1.165, 1.54) is 0 Å². The molecule has 0 saturated heterocycles. The van der Waals surface area contributed by atoms with Gasteiger partial charge in [-0.05, 0) is 39.8 Å². The zero-order chi connectivity index (χ0) is 11.8. The lowest BCUT2D eigenvalue weighted by Crippen LogP contribution is -2.32. The van der Waals surface area contributed by atoms with Crippen molar-refractivity contribution in [3.05, 3.63) is 24.7 Å². The normalized spacial score (nSPS) is 45.8. The van der Waals surface area contributed by atoms with Crippen LogP contribution in [0.25, 0.3) is 0 Å². The Morgan fingerprint density at radius 3 is 1.50 bits per heavy atom. The molecule has 0 aliphatic carbocycles. The molecule has 2 aliphatic heterocycles. The smallest absolute Gasteiger partial charge is 0.114 e. The van der Waals surface area contributed by atoms with E-state index in [2.05, 4.69) is 39.8 Å². The van der Waals surface area contributed by atoms with Crippen LogP contribution in [0.15, 0.2) is 24.7 Å². The molecule has 0 aromatic carbocycles. The van der Waals surface area contributed by atoms with Crippen LogP contribution in [-0.4, -0.2) is 21.7 Å². The summed E-state index contributed by atoms with van der Waals surface area (Å²) in [5.74, 6) is 0. The highest BCUT2D eigenvalue weighted by molar-refractivity contribution is 8.77. The summed E-state index contributed by atoms with van der Waals surface area (Å²) in [6.45, 7) is 8.65.